The Morgan fingerprint density at radius 2 is 1.76 bits per heavy atom. The number of carbonyl (C=O) groups is 1. The summed E-state index contributed by atoms with van der Waals surface area (Å²) in [5.74, 6) is 3.08. The molecular formula is C27H32N2O4. The van der Waals surface area contributed by atoms with Crippen LogP contribution in [0.2, 0.25) is 0 Å². The number of amides is 1. The molecule has 33 heavy (non-hydrogen) atoms. The standard InChI is InChI=1S/C27H32N2O4/c30-26-27(17-31-23-16-25-24(15-21(23)27)32-18-33-25)20-9-4-5-10-22(20)29(26)14-6-12-28-13-11-19-7-2-1-3-8-19/h4-5,9-10,15-16,19,28H,1-3,6-8,11-14,17-18H2. The molecule has 6 nitrogen and oxygen atoms in total. The van der Waals surface area contributed by atoms with Gasteiger partial charge in [0.15, 0.2) is 11.5 Å². The highest BCUT2D eigenvalue weighted by Gasteiger charge is 2.57. The third-order valence-corrected chi connectivity index (χ3v) is 7.83. The third kappa shape index (κ3) is 3.46. The van der Waals surface area contributed by atoms with E-state index in [1.165, 1.54) is 38.5 Å². The zero-order valence-electron chi connectivity index (χ0n) is 19.1. The predicted octanol–water partition coefficient (Wildman–Crippen LogP) is 4.39. The van der Waals surface area contributed by atoms with Crippen molar-refractivity contribution in [3.8, 4) is 17.2 Å². The highest BCUT2D eigenvalue weighted by atomic mass is 16.7. The van der Waals surface area contributed by atoms with E-state index in [9.17, 15) is 4.79 Å². The molecule has 0 bridgehead atoms. The molecule has 2 aromatic carbocycles. The van der Waals surface area contributed by atoms with E-state index in [0.717, 1.165) is 42.2 Å². The van der Waals surface area contributed by atoms with Gasteiger partial charge in [-0.05, 0) is 49.5 Å². The Balaban J connectivity index is 1.15. The third-order valence-electron chi connectivity index (χ3n) is 7.83. The topological polar surface area (TPSA) is 60.0 Å². The van der Waals surface area contributed by atoms with Crippen molar-refractivity contribution in [2.45, 2.75) is 50.4 Å². The maximum absolute atomic E-state index is 13.9. The van der Waals surface area contributed by atoms with Crippen LogP contribution in [0.5, 0.6) is 17.2 Å². The molecule has 2 aromatic rings. The van der Waals surface area contributed by atoms with E-state index in [1.54, 1.807) is 0 Å². The first-order valence-electron chi connectivity index (χ1n) is 12.5. The minimum Gasteiger partial charge on any atom is -0.491 e. The molecule has 1 amide bonds. The van der Waals surface area contributed by atoms with Crippen LogP contribution in [0, 0.1) is 5.92 Å². The first-order valence-corrected chi connectivity index (χ1v) is 12.5. The lowest BCUT2D eigenvalue weighted by Gasteiger charge is -2.23. The second-order valence-corrected chi connectivity index (χ2v) is 9.77. The number of hydrogen-bond donors (Lipinski definition) is 1. The summed E-state index contributed by atoms with van der Waals surface area (Å²) in [6.07, 6.45) is 9.21. The van der Waals surface area contributed by atoms with Gasteiger partial charge in [0.05, 0.1) is 0 Å². The van der Waals surface area contributed by atoms with E-state index >= 15 is 0 Å². The van der Waals surface area contributed by atoms with E-state index < -0.39 is 5.41 Å². The zero-order chi connectivity index (χ0) is 22.3. The molecule has 1 spiro atoms. The van der Waals surface area contributed by atoms with Gasteiger partial charge >= 0.3 is 0 Å². The Kier molecular flexibility index (Phi) is 5.41. The van der Waals surface area contributed by atoms with E-state index in [2.05, 4.69) is 17.4 Å². The van der Waals surface area contributed by atoms with Crippen LogP contribution in [0.25, 0.3) is 0 Å². The fourth-order valence-electron chi connectivity index (χ4n) is 6.06. The normalized spacial score (nSPS) is 23.2. The largest absolute Gasteiger partial charge is 0.491 e. The predicted molar refractivity (Wildman–Crippen MR) is 126 cm³/mol. The Morgan fingerprint density at radius 1 is 0.939 bits per heavy atom. The van der Waals surface area contributed by atoms with Gasteiger partial charge in [0.1, 0.15) is 17.8 Å². The molecule has 1 unspecified atom stereocenters. The van der Waals surface area contributed by atoms with Crippen LogP contribution in [0.4, 0.5) is 5.69 Å². The molecule has 1 saturated carbocycles. The summed E-state index contributed by atoms with van der Waals surface area (Å²) >= 11 is 0. The molecule has 4 aliphatic rings. The lowest BCUT2D eigenvalue weighted by Crippen LogP contribution is -2.43. The second kappa shape index (κ2) is 8.56. The van der Waals surface area contributed by atoms with E-state index in [-0.39, 0.29) is 12.7 Å². The number of nitrogens with one attached hydrogen (secondary N) is 1. The van der Waals surface area contributed by atoms with Crippen LogP contribution in [0.1, 0.15) is 56.1 Å². The number of anilines is 1. The maximum Gasteiger partial charge on any atom is 0.245 e. The number of benzene rings is 2. The van der Waals surface area contributed by atoms with Crippen LogP contribution >= 0.6 is 0 Å². The van der Waals surface area contributed by atoms with Crippen molar-refractivity contribution in [3.05, 3.63) is 47.5 Å². The fourth-order valence-corrected chi connectivity index (χ4v) is 6.06. The van der Waals surface area contributed by atoms with Gasteiger partial charge in [-0.1, -0.05) is 50.3 Å². The number of nitrogens with zero attached hydrogens (tertiary/aromatic N) is 1. The minimum absolute atomic E-state index is 0.100. The van der Waals surface area contributed by atoms with Crippen molar-refractivity contribution >= 4 is 11.6 Å². The smallest absolute Gasteiger partial charge is 0.245 e. The molecule has 174 valence electrons. The number of para-hydroxylation sites is 1. The molecule has 1 atom stereocenters. The molecule has 0 radical (unpaired) electrons. The number of hydrogen-bond acceptors (Lipinski definition) is 5. The highest BCUT2D eigenvalue weighted by Crippen LogP contribution is 2.54. The van der Waals surface area contributed by atoms with Gasteiger partial charge in [-0.2, -0.15) is 0 Å². The lowest BCUT2D eigenvalue weighted by molar-refractivity contribution is -0.122. The summed E-state index contributed by atoms with van der Waals surface area (Å²) in [4.78, 5) is 15.9. The van der Waals surface area contributed by atoms with Gasteiger partial charge < -0.3 is 24.4 Å². The van der Waals surface area contributed by atoms with E-state index in [0.29, 0.717) is 30.4 Å². The van der Waals surface area contributed by atoms with Crippen LogP contribution in [-0.4, -0.2) is 38.9 Å². The summed E-state index contributed by atoms with van der Waals surface area (Å²) < 4.78 is 17.2. The summed E-state index contributed by atoms with van der Waals surface area (Å²) in [7, 11) is 0. The quantitative estimate of drug-likeness (QED) is 0.637. The molecule has 6 heteroatoms. The average molecular weight is 449 g/mol. The first-order chi connectivity index (χ1) is 16.3. The van der Waals surface area contributed by atoms with Gasteiger partial charge in [0.2, 0.25) is 12.7 Å². The highest BCUT2D eigenvalue weighted by molar-refractivity contribution is 6.11. The number of rotatable bonds is 7. The SMILES string of the molecule is O=C1N(CCCNCCC2CCCCC2)c2ccccc2C12COc1cc3c(cc12)OCO3. The molecule has 6 rings (SSSR count). The second-order valence-electron chi connectivity index (χ2n) is 9.77. The zero-order valence-corrected chi connectivity index (χ0v) is 19.1. The van der Waals surface area contributed by atoms with Crippen LogP contribution in [-0.2, 0) is 10.2 Å². The van der Waals surface area contributed by atoms with Crippen molar-refractivity contribution < 1.29 is 19.0 Å². The molecule has 1 N–H and O–H groups in total. The van der Waals surface area contributed by atoms with Crippen LogP contribution in [0.15, 0.2) is 36.4 Å². The summed E-state index contributed by atoms with van der Waals surface area (Å²) in [6, 6.07) is 11.9. The first kappa shape index (κ1) is 20.8. The van der Waals surface area contributed by atoms with Crippen molar-refractivity contribution in [3.63, 3.8) is 0 Å². The number of ether oxygens (including phenoxy) is 3. The Bertz CT molecular complexity index is 1050. The fraction of sp³-hybridized carbons (Fsp3) is 0.519. The van der Waals surface area contributed by atoms with E-state index in [4.69, 9.17) is 14.2 Å². The Labute approximate surface area is 195 Å². The van der Waals surface area contributed by atoms with Crippen molar-refractivity contribution in [1.82, 2.24) is 5.32 Å². The number of carbonyl (C=O) groups excluding carboxylic acids is 1. The van der Waals surface area contributed by atoms with Gasteiger partial charge in [-0.25, -0.2) is 0 Å². The van der Waals surface area contributed by atoms with Gasteiger partial charge in [0, 0.05) is 23.9 Å². The Morgan fingerprint density at radius 3 is 2.64 bits per heavy atom. The maximum atomic E-state index is 13.9. The Hall–Kier alpha value is -2.73. The van der Waals surface area contributed by atoms with Crippen LogP contribution < -0.4 is 24.4 Å². The van der Waals surface area contributed by atoms with Gasteiger partial charge in [-0.3, -0.25) is 4.79 Å². The minimum atomic E-state index is -0.804. The molecular weight excluding hydrogens is 416 g/mol. The van der Waals surface area contributed by atoms with Crippen molar-refractivity contribution in [2.75, 3.05) is 37.9 Å². The monoisotopic (exact) mass is 448 g/mol. The molecule has 1 fully saturated rings. The van der Waals surface area contributed by atoms with Crippen LogP contribution in [0.3, 0.4) is 0 Å². The van der Waals surface area contributed by atoms with Gasteiger partial charge in [0.25, 0.3) is 0 Å². The summed E-state index contributed by atoms with van der Waals surface area (Å²) in [5.41, 5.74) is 2.11. The van der Waals surface area contributed by atoms with Crippen molar-refractivity contribution in [1.29, 1.82) is 0 Å². The molecule has 3 aliphatic heterocycles. The molecule has 0 aromatic heterocycles. The molecule has 3 heterocycles. The summed E-state index contributed by atoms with van der Waals surface area (Å²) in [6.45, 7) is 3.23. The number of fused-ring (bicyclic) bond motifs is 5. The molecule has 1 aliphatic carbocycles. The van der Waals surface area contributed by atoms with E-state index in [1.807, 2.05) is 29.2 Å². The van der Waals surface area contributed by atoms with Gasteiger partial charge in [-0.15, -0.1) is 0 Å². The van der Waals surface area contributed by atoms with Crippen molar-refractivity contribution in [2.24, 2.45) is 5.92 Å². The average Bonchev–Trinajstić information content (AvgIpc) is 3.52. The lowest BCUT2D eigenvalue weighted by atomic mass is 9.77. The molecule has 0 saturated heterocycles. The summed E-state index contributed by atoms with van der Waals surface area (Å²) in [5, 5.41) is 3.61.